The monoisotopic (exact) mass is 242 g/mol. The SMILES string of the molecule is C=CNCCN1CCNCC1.C=N.CC(C)C. The Bertz CT molecular complexity index is 151. The first-order valence-corrected chi connectivity index (χ1v) is 6.29. The molecule has 0 bridgehead atoms. The molecular weight excluding hydrogens is 212 g/mol. The second-order valence-corrected chi connectivity index (χ2v) is 4.48. The third-order valence-electron chi connectivity index (χ3n) is 1.93. The summed E-state index contributed by atoms with van der Waals surface area (Å²) < 4.78 is 0. The number of rotatable bonds is 4. The lowest BCUT2D eigenvalue weighted by atomic mass is 10.3. The van der Waals surface area contributed by atoms with Crippen LogP contribution in [0.25, 0.3) is 0 Å². The second kappa shape index (κ2) is 15.1. The predicted octanol–water partition coefficient (Wildman–Crippen LogP) is 1.55. The predicted molar refractivity (Wildman–Crippen MR) is 77.9 cm³/mol. The maximum absolute atomic E-state index is 5.50. The molecule has 0 atom stereocenters. The minimum absolute atomic E-state index is 0.833. The first-order valence-electron chi connectivity index (χ1n) is 6.29. The maximum Gasteiger partial charge on any atom is 0.0269 e. The van der Waals surface area contributed by atoms with Crippen LogP contribution in [0.2, 0.25) is 0 Å². The summed E-state index contributed by atoms with van der Waals surface area (Å²) in [5, 5.41) is 11.9. The van der Waals surface area contributed by atoms with Crippen molar-refractivity contribution in [2.24, 2.45) is 5.92 Å². The molecular formula is C13H30N4. The molecule has 1 heterocycles. The minimum atomic E-state index is 0.833. The Kier molecular flexibility index (Phi) is 16.5. The van der Waals surface area contributed by atoms with E-state index in [1.807, 2.05) is 0 Å². The van der Waals surface area contributed by atoms with Crippen LogP contribution in [0.1, 0.15) is 20.8 Å². The summed E-state index contributed by atoms with van der Waals surface area (Å²) in [6, 6.07) is 0. The third kappa shape index (κ3) is 17.7. The summed E-state index contributed by atoms with van der Waals surface area (Å²) >= 11 is 0. The van der Waals surface area contributed by atoms with Gasteiger partial charge in [0, 0.05) is 39.3 Å². The summed E-state index contributed by atoms with van der Waals surface area (Å²) in [6.07, 6.45) is 1.75. The largest absolute Gasteiger partial charge is 0.390 e. The normalized spacial score (nSPS) is 15.1. The summed E-state index contributed by atoms with van der Waals surface area (Å²) in [6.45, 7) is 19.4. The summed E-state index contributed by atoms with van der Waals surface area (Å²) in [5.41, 5.74) is 0. The van der Waals surface area contributed by atoms with E-state index in [4.69, 9.17) is 5.41 Å². The molecule has 102 valence electrons. The zero-order valence-electron chi connectivity index (χ0n) is 11.8. The quantitative estimate of drug-likeness (QED) is 0.518. The van der Waals surface area contributed by atoms with E-state index in [9.17, 15) is 0 Å². The molecule has 0 unspecified atom stereocenters. The zero-order chi connectivity index (χ0) is 13.5. The average Bonchev–Trinajstić information content (AvgIpc) is 2.33. The van der Waals surface area contributed by atoms with Gasteiger partial charge in [-0.1, -0.05) is 27.4 Å². The highest BCUT2D eigenvalue weighted by Crippen LogP contribution is 1.89. The van der Waals surface area contributed by atoms with Crippen molar-refractivity contribution in [2.75, 3.05) is 39.3 Å². The molecule has 0 saturated carbocycles. The van der Waals surface area contributed by atoms with Crippen molar-refractivity contribution in [1.82, 2.24) is 15.5 Å². The molecule has 0 spiro atoms. The van der Waals surface area contributed by atoms with E-state index < -0.39 is 0 Å². The molecule has 4 heteroatoms. The molecule has 1 aliphatic rings. The molecule has 0 aromatic rings. The van der Waals surface area contributed by atoms with E-state index in [1.165, 1.54) is 13.1 Å². The van der Waals surface area contributed by atoms with Crippen LogP contribution >= 0.6 is 0 Å². The Balaban J connectivity index is 0. The Morgan fingerprint density at radius 3 is 2.18 bits per heavy atom. The van der Waals surface area contributed by atoms with E-state index in [0.717, 1.165) is 32.1 Å². The van der Waals surface area contributed by atoms with Gasteiger partial charge in [0.15, 0.2) is 0 Å². The van der Waals surface area contributed by atoms with E-state index in [1.54, 1.807) is 6.20 Å². The molecule has 4 nitrogen and oxygen atoms in total. The van der Waals surface area contributed by atoms with Crippen molar-refractivity contribution < 1.29 is 0 Å². The molecule has 1 rings (SSSR count). The fourth-order valence-corrected chi connectivity index (χ4v) is 1.26. The van der Waals surface area contributed by atoms with Gasteiger partial charge in [0.25, 0.3) is 0 Å². The number of piperazine rings is 1. The van der Waals surface area contributed by atoms with Gasteiger partial charge in [0.05, 0.1) is 0 Å². The van der Waals surface area contributed by atoms with Crippen LogP contribution < -0.4 is 10.6 Å². The van der Waals surface area contributed by atoms with Crippen molar-refractivity contribution in [2.45, 2.75) is 20.8 Å². The number of hydrogen-bond donors (Lipinski definition) is 3. The van der Waals surface area contributed by atoms with Crippen LogP contribution in [-0.4, -0.2) is 50.9 Å². The number of nitrogens with zero attached hydrogens (tertiary/aromatic N) is 1. The Labute approximate surface area is 107 Å². The van der Waals surface area contributed by atoms with Crippen LogP contribution in [0.4, 0.5) is 0 Å². The Morgan fingerprint density at radius 2 is 1.76 bits per heavy atom. The molecule has 0 aromatic carbocycles. The standard InChI is InChI=1S/C8H17N3.C4H10.CH3N/c1-2-9-3-6-11-7-4-10-5-8-11;1-4(2)3;1-2/h2,9-10H,1,3-8H2;4H,1-3H3;2H,1H2. The molecule has 0 radical (unpaired) electrons. The highest BCUT2D eigenvalue weighted by Gasteiger charge is 2.07. The van der Waals surface area contributed by atoms with Crippen molar-refractivity contribution in [1.29, 1.82) is 5.41 Å². The van der Waals surface area contributed by atoms with Gasteiger partial charge in [-0.2, -0.15) is 0 Å². The van der Waals surface area contributed by atoms with E-state index in [2.05, 4.69) is 49.6 Å². The summed E-state index contributed by atoms with van der Waals surface area (Å²) in [4.78, 5) is 2.45. The van der Waals surface area contributed by atoms with Crippen LogP contribution in [0.15, 0.2) is 12.8 Å². The first-order chi connectivity index (χ1) is 8.16. The maximum atomic E-state index is 5.50. The van der Waals surface area contributed by atoms with E-state index in [-0.39, 0.29) is 0 Å². The first kappa shape index (κ1) is 18.5. The van der Waals surface area contributed by atoms with Gasteiger partial charge in [0.2, 0.25) is 0 Å². The van der Waals surface area contributed by atoms with Gasteiger partial charge in [-0.3, -0.25) is 4.90 Å². The van der Waals surface area contributed by atoms with E-state index >= 15 is 0 Å². The van der Waals surface area contributed by atoms with Gasteiger partial charge < -0.3 is 16.0 Å². The smallest absolute Gasteiger partial charge is 0.0269 e. The lowest BCUT2D eigenvalue weighted by Gasteiger charge is -2.26. The summed E-state index contributed by atoms with van der Waals surface area (Å²) in [5.74, 6) is 0.833. The minimum Gasteiger partial charge on any atom is -0.390 e. The average molecular weight is 242 g/mol. The fourth-order valence-electron chi connectivity index (χ4n) is 1.26. The number of hydrogen-bond acceptors (Lipinski definition) is 4. The van der Waals surface area contributed by atoms with Crippen molar-refractivity contribution in [3.05, 3.63) is 12.8 Å². The molecule has 1 aliphatic heterocycles. The van der Waals surface area contributed by atoms with Crippen molar-refractivity contribution >= 4 is 6.72 Å². The van der Waals surface area contributed by atoms with Crippen LogP contribution in [-0.2, 0) is 0 Å². The molecule has 17 heavy (non-hydrogen) atoms. The molecule has 0 amide bonds. The number of nitrogens with one attached hydrogen (secondary N) is 3. The van der Waals surface area contributed by atoms with Gasteiger partial charge in [-0.25, -0.2) is 0 Å². The Morgan fingerprint density at radius 1 is 1.29 bits per heavy atom. The highest BCUT2D eigenvalue weighted by molar-refractivity contribution is 5.15. The zero-order valence-corrected chi connectivity index (χ0v) is 11.8. The van der Waals surface area contributed by atoms with Crippen molar-refractivity contribution in [3.63, 3.8) is 0 Å². The molecule has 3 N–H and O–H groups in total. The summed E-state index contributed by atoms with van der Waals surface area (Å²) in [7, 11) is 0. The van der Waals surface area contributed by atoms with Gasteiger partial charge in [-0.05, 0) is 18.8 Å². The lowest BCUT2D eigenvalue weighted by Crippen LogP contribution is -2.45. The molecule has 1 fully saturated rings. The molecule has 1 saturated heterocycles. The lowest BCUT2D eigenvalue weighted by molar-refractivity contribution is 0.244. The fraction of sp³-hybridized carbons (Fsp3) is 0.769. The topological polar surface area (TPSA) is 51.1 Å². The molecule has 0 aliphatic carbocycles. The van der Waals surface area contributed by atoms with Gasteiger partial charge >= 0.3 is 0 Å². The van der Waals surface area contributed by atoms with Gasteiger partial charge in [-0.15, -0.1) is 0 Å². The molecule has 0 aromatic heterocycles. The second-order valence-electron chi connectivity index (χ2n) is 4.48. The third-order valence-corrected chi connectivity index (χ3v) is 1.93. The Hall–Kier alpha value is -0.870. The van der Waals surface area contributed by atoms with Crippen LogP contribution in [0, 0.1) is 11.3 Å². The van der Waals surface area contributed by atoms with Crippen LogP contribution in [0.5, 0.6) is 0 Å². The van der Waals surface area contributed by atoms with Crippen molar-refractivity contribution in [3.8, 4) is 0 Å². The highest BCUT2D eigenvalue weighted by atomic mass is 15.2. The van der Waals surface area contributed by atoms with Crippen LogP contribution in [0.3, 0.4) is 0 Å². The van der Waals surface area contributed by atoms with Gasteiger partial charge in [0.1, 0.15) is 0 Å². The van der Waals surface area contributed by atoms with E-state index in [0.29, 0.717) is 0 Å².